The summed E-state index contributed by atoms with van der Waals surface area (Å²) < 4.78 is 5.03. The third kappa shape index (κ3) is 3.30. The van der Waals surface area contributed by atoms with Crippen LogP contribution in [0.1, 0.15) is 38.5 Å². The van der Waals surface area contributed by atoms with Crippen molar-refractivity contribution in [3.05, 3.63) is 0 Å². The average molecular weight is 283 g/mol. The number of carbonyl (C=O) groups excluding carboxylic acids is 2. The maximum absolute atomic E-state index is 12.3. The molecule has 4 N–H and O–H groups in total. The van der Waals surface area contributed by atoms with Crippen molar-refractivity contribution in [2.75, 3.05) is 14.2 Å². The second-order valence-electron chi connectivity index (χ2n) is 5.94. The van der Waals surface area contributed by atoms with Crippen molar-refractivity contribution in [1.29, 1.82) is 0 Å². The molecule has 0 aromatic carbocycles. The summed E-state index contributed by atoms with van der Waals surface area (Å²) in [5.74, 6) is -0.263. The van der Waals surface area contributed by atoms with Crippen LogP contribution in [0.2, 0.25) is 0 Å². The summed E-state index contributed by atoms with van der Waals surface area (Å²) in [4.78, 5) is 23.7. The van der Waals surface area contributed by atoms with Gasteiger partial charge in [-0.25, -0.2) is 0 Å². The van der Waals surface area contributed by atoms with Gasteiger partial charge >= 0.3 is 5.97 Å². The van der Waals surface area contributed by atoms with Crippen LogP contribution in [0.5, 0.6) is 0 Å². The van der Waals surface area contributed by atoms with Gasteiger partial charge in [-0.3, -0.25) is 14.9 Å². The van der Waals surface area contributed by atoms with Gasteiger partial charge < -0.3 is 15.8 Å². The molecule has 20 heavy (non-hydrogen) atoms. The molecule has 0 spiro atoms. The van der Waals surface area contributed by atoms with Crippen molar-refractivity contribution in [3.63, 3.8) is 0 Å². The summed E-state index contributed by atoms with van der Waals surface area (Å²) >= 11 is 0. The highest BCUT2D eigenvalue weighted by molar-refractivity contribution is 5.83. The van der Waals surface area contributed by atoms with Crippen LogP contribution < -0.4 is 16.4 Å². The number of hydrogen-bond donors (Lipinski definition) is 3. The minimum Gasteiger partial charge on any atom is -0.468 e. The maximum Gasteiger partial charge on any atom is 0.326 e. The van der Waals surface area contributed by atoms with Crippen LogP contribution in [0, 0.1) is 5.92 Å². The molecule has 2 saturated carbocycles. The molecular formula is C14H25N3O3. The number of ether oxygens (including phenoxy) is 1. The van der Waals surface area contributed by atoms with Crippen LogP contribution in [-0.4, -0.2) is 43.7 Å². The highest BCUT2D eigenvalue weighted by atomic mass is 16.5. The van der Waals surface area contributed by atoms with E-state index in [0.29, 0.717) is 24.8 Å². The standard InChI is InChI=1S/C14H25N3O3/c1-16-11(12(15)18)7-8-14(9-3-4-9,13(19)20-2)17-10-5-6-10/h9-11,16-17H,3-8H2,1-2H3,(H2,15,18). The average Bonchev–Trinajstić information content (AvgIpc) is 3.28. The summed E-state index contributed by atoms with van der Waals surface area (Å²) in [5, 5.41) is 6.39. The summed E-state index contributed by atoms with van der Waals surface area (Å²) in [5.41, 5.74) is 4.71. The Kier molecular flexibility index (Phi) is 4.65. The molecule has 0 bridgehead atoms. The lowest BCUT2D eigenvalue weighted by atomic mass is 9.85. The topological polar surface area (TPSA) is 93.4 Å². The van der Waals surface area contributed by atoms with Crippen LogP contribution in [0.3, 0.4) is 0 Å². The lowest BCUT2D eigenvalue weighted by molar-refractivity contribution is -0.150. The van der Waals surface area contributed by atoms with Crippen molar-refractivity contribution in [3.8, 4) is 0 Å². The first kappa shape index (κ1) is 15.3. The van der Waals surface area contributed by atoms with Crippen LogP contribution in [0.15, 0.2) is 0 Å². The number of nitrogens with two attached hydrogens (primary N) is 1. The van der Waals surface area contributed by atoms with Gasteiger partial charge in [0.1, 0.15) is 5.54 Å². The first-order valence-electron chi connectivity index (χ1n) is 7.36. The van der Waals surface area contributed by atoms with E-state index in [2.05, 4.69) is 10.6 Å². The molecule has 2 aliphatic carbocycles. The number of esters is 1. The Morgan fingerprint density at radius 3 is 2.40 bits per heavy atom. The third-order valence-corrected chi connectivity index (χ3v) is 4.38. The van der Waals surface area contributed by atoms with Crippen molar-refractivity contribution >= 4 is 11.9 Å². The Hall–Kier alpha value is -1.14. The number of methoxy groups -OCH3 is 1. The van der Waals surface area contributed by atoms with Gasteiger partial charge in [0.15, 0.2) is 0 Å². The smallest absolute Gasteiger partial charge is 0.326 e. The maximum atomic E-state index is 12.3. The number of amides is 1. The number of hydrogen-bond acceptors (Lipinski definition) is 5. The number of primary amides is 1. The van der Waals surface area contributed by atoms with E-state index in [1.54, 1.807) is 7.05 Å². The molecule has 2 fully saturated rings. The minimum atomic E-state index is -0.638. The van der Waals surface area contributed by atoms with E-state index >= 15 is 0 Å². The summed E-state index contributed by atoms with van der Waals surface area (Å²) in [6.07, 6.45) is 5.41. The Labute approximate surface area is 119 Å². The second-order valence-corrected chi connectivity index (χ2v) is 5.94. The molecule has 2 aliphatic rings. The molecule has 0 saturated heterocycles. The van der Waals surface area contributed by atoms with Gasteiger partial charge in [-0.1, -0.05) is 0 Å². The molecule has 2 atom stereocenters. The zero-order chi connectivity index (χ0) is 14.8. The minimum absolute atomic E-state index is 0.203. The van der Waals surface area contributed by atoms with E-state index in [9.17, 15) is 9.59 Å². The lowest BCUT2D eigenvalue weighted by Crippen LogP contribution is -2.56. The second kappa shape index (κ2) is 6.10. The fraction of sp³-hybridized carbons (Fsp3) is 0.857. The van der Waals surface area contributed by atoms with Gasteiger partial charge in [0.2, 0.25) is 5.91 Å². The fourth-order valence-corrected chi connectivity index (χ4v) is 2.87. The molecule has 0 aromatic rings. The molecule has 0 aliphatic heterocycles. The van der Waals surface area contributed by atoms with E-state index in [0.717, 1.165) is 25.7 Å². The van der Waals surface area contributed by atoms with Crippen molar-refractivity contribution in [2.24, 2.45) is 11.7 Å². The molecule has 0 aromatic heterocycles. The molecular weight excluding hydrogens is 258 g/mol. The van der Waals surface area contributed by atoms with Crippen molar-refractivity contribution in [2.45, 2.75) is 56.1 Å². The van der Waals surface area contributed by atoms with Crippen molar-refractivity contribution < 1.29 is 14.3 Å². The van der Waals surface area contributed by atoms with Gasteiger partial charge in [0.25, 0.3) is 0 Å². The highest BCUT2D eigenvalue weighted by Crippen LogP contribution is 2.44. The van der Waals surface area contributed by atoms with Gasteiger partial charge in [-0.2, -0.15) is 0 Å². The van der Waals surface area contributed by atoms with E-state index < -0.39 is 11.6 Å². The number of rotatable bonds is 9. The Bertz CT molecular complexity index is 380. The number of nitrogens with one attached hydrogen (secondary N) is 2. The van der Waals surface area contributed by atoms with Crippen LogP contribution in [-0.2, 0) is 14.3 Å². The van der Waals surface area contributed by atoms with Gasteiger partial charge in [-0.05, 0) is 51.5 Å². The van der Waals surface area contributed by atoms with E-state index in [-0.39, 0.29) is 11.9 Å². The predicted octanol–water partition coefficient (Wildman–Crippen LogP) is -0.0863. The quantitative estimate of drug-likeness (QED) is 0.514. The summed E-state index contributed by atoms with van der Waals surface area (Å²) in [6, 6.07) is 0.00935. The van der Waals surface area contributed by atoms with Crippen LogP contribution in [0.25, 0.3) is 0 Å². The molecule has 0 radical (unpaired) electrons. The summed E-state index contributed by atoms with van der Waals surface area (Å²) in [6.45, 7) is 0. The fourth-order valence-electron chi connectivity index (χ4n) is 2.87. The molecule has 2 rings (SSSR count). The van der Waals surface area contributed by atoms with Gasteiger partial charge in [0.05, 0.1) is 13.2 Å². The van der Waals surface area contributed by atoms with E-state index in [1.165, 1.54) is 7.11 Å². The molecule has 2 unspecified atom stereocenters. The molecule has 0 heterocycles. The largest absolute Gasteiger partial charge is 0.468 e. The zero-order valence-electron chi connectivity index (χ0n) is 12.3. The van der Waals surface area contributed by atoms with E-state index in [1.807, 2.05) is 0 Å². The molecule has 1 amide bonds. The Morgan fingerprint density at radius 2 is 2.00 bits per heavy atom. The monoisotopic (exact) mass is 283 g/mol. The zero-order valence-corrected chi connectivity index (χ0v) is 12.3. The Morgan fingerprint density at radius 1 is 1.35 bits per heavy atom. The molecule has 6 heteroatoms. The number of carbonyl (C=O) groups is 2. The Balaban J connectivity index is 2.07. The van der Waals surface area contributed by atoms with Crippen LogP contribution >= 0.6 is 0 Å². The lowest BCUT2D eigenvalue weighted by Gasteiger charge is -2.33. The van der Waals surface area contributed by atoms with E-state index in [4.69, 9.17) is 10.5 Å². The SMILES string of the molecule is CNC(CCC(NC1CC1)(C(=O)OC)C1CC1)C(N)=O. The van der Waals surface area contributed by atoms with Gasteiger partial charge in [-0.15, -0.1) is 0 Å². The third-order valence-electron chi connectivity index (χ3n) is 4.38. The first-order chi connectivity index (χ1) is 9.53. The summed E-state index contributed by atoms with van der Waals surface area (Å²) in [7, 11) is 3.14. The predicted molar refractivity (Wildman–Crippen MR) is 74.9 cm³/mol. The van der Waals surface area contributed by atoms with Gasteiger partial charge in [0, 0.05) is 6.04 Å². The highest BCUT2D eigenvalue weighted by Gasteiger charge is 2.53. The normalized spacial score (nSPS) is 22.9. The first-order valence-corrected chi connectivity index (χ1v) is 7.36. The number of likely N-dealkylation sites (N-methyl/N-ethyl adjacent to an activating group) is 1. The molecule has 6 nitrogen and oxygen atoms in total. The van der Waals surface area contributed by atoms with Crippen molar-refractivity contribution in [1.82, 2.24) is 10.6 Å². The van der Waals surface area contributed by atoms with Crippen LogP contribution in [0.4, 0.5) is 0 Å². The molecule has 114 valence electrons.